The molecule has 0 unspecified atom stereocenters. The Morgan fingerprint density at radius 1 is 0.537 bits per heavy atom. The van der Waals surface area contributed by atoms with E-state index in [-0.39, 0.29) is 10.8 Å². The number of hydrogen-bond donors (Lipinski definition) is 0. The van der Waals surface area contributed by atoms with Crippen molar-refractivity contribution in [3.8, 4) is 22.3 Å². The molecule has 0 spiro atoms. The first kappa shape index (κ1) is 29.2. The number of benzene rings is 5. The highest BCUT2D eigenvalue weighted by Crippen LogP contribution is 2.49. The van der Waals surface area contributed by atoms with Gasteiger partial charge in [0.2, 0.25) is 0 Å². The van der Waals surface area contributed by atoms with Gasteiger partial charge in [-0.25, -0.2) is 0 Å². The second kappa shape index (κ2) is 11.5. The molecule has 0 aliphatic carbocycles. The highest BCUT2D eigenvalue weighted by molar-refractivity contribution is 9.10. The van der Waals surface area contributed by atoms with Gasteiger partial charge in [-0.3, -0.25) is 0 Å². The summed E-state index contributed by atoms with van der Waals surface area (Å²) in [5.74, 6) is 0. The van der Waals surface area contributed by atoms with E-state index in [1.165, 1.54) is 33.4 Å². The molecule has 0 saturated carbocycles. The summed E-state index contributed by atoms with van der Waals surface area (Å²) in [6, 6.07) is 41.1. The molecule has 0 amide bonds. The molecule has 0 atom stereocenters. The fraction of sp³-hybridized carbons (Fsp3) is 0.211. The van der Waals surface area contributed by atoms with E-state index < -0.39 is 0 Å². The third kappa shape index (κ3) is 6.45. The van der Waals surface area contributed by atoms with Crippen LogP contribution < -0.4 is 4.90 Å². The van der Waals surface area contributed by atoms with E-state index in [1.807, 2.05) is 12.1 Å². The summed E-state index contributed by atoms with van der Waals surface area (Å²) in [4.78, 5) is 2.38. The van der Waals surface area contributed by atoms with Crippen LogP contribution in [0.2, 0.25) is 5.02 Å². The molecule has 5 aromatic rings. The van der Waals surface area contributed by atoms with Gasteiger partial charge < -0.3 is 4.90 Å². The van der Waals surface area contributed by atoms with Crippen molar-refractivity contribution in [2.75, 3.05) is 4.90 Å². The molecule has 208 valence electrons. The number of rotatable bonds is 5. The predicted octanol–water partition coefficient (Wildman–Crippen LogP) is 12.5. The average molecular weight is 623 g/mol. The molecule has 0 aliphatic heterocycles. The smallest absolute Gasteiger partial charge is 0.0618 e. The lowest BCUT2D eigenvalue weighted by molar-refractivity contribution is 0.589. The third-order valence-corrected chi connectivity index (χ3v) is 8.14. The second-order valence-electron chi connectivity index (χ2n) is 12.7. The van der Waals surface area contributed by atoms with Crippen molar-refractivity contribution in [2.45, 2.75) is 52.4 Å². The zero-order valence-corrected chi connectivity index (χ0v) is 27.0. The standard InChI is InChI=1S/C38H37BrClN/c1-37(2,3)28-20-30(39)24-33(21-28)41(32-19-13-18-31(40)25-32)36-34(26-14-9-7-10-15-26)22-29(38(4,5)6)23-35(36)27-16-11-8-12-17-27/h7-25H,1-6H3. The van der Waals surface area contributed by atoms with Gasteiger partial charge in [-0.05, 0) is 81.6 Å². The van der Waals surface area contributed by atoms with Crippen molar-refractivity contribution in [1.29, 1.82) is 0 Å². The Morgan fingerprint density at radius 3 is 1.54 bits per heavy atom. The molecule has 0 bridgehead atoms. The first-order valence-electron chi connectivity index (χ1n) is 14.1. The van der Waals surface area contributed by atoms with E-state index in [0.29, 0.717) is 5.02 Å². The molecule has 0 radical (unpaired) electrons. The minimum atomic E-state index is -0.0400. The molecule has 5 rings (SSSR count). The van der Waals surface area contributed by atoms with Gasteiger partial charge in [0.25, 0.3) is 0 Å². The Kier molecular flexibility index (Phi) is 8.19. The fourth-order valence-corrected chi connectivity index (χ4v) is 5.81. The van der Waals surface area contributed by atoms with E-state index in [9.17, 15) is 0 Å². The largest absolute Gasteiger partial charge is 0.309 e. The minimum absolute atomic E-state index is 0.0286. The molecule has 1 nitrogen and oxygen atoms in total. The molecule has 0 N–H and O–H groups in total. The Morgan fingerprint density at radius 2 is 1.05 bits per heavy atom. The van der Waals surface area contributed by atoms with E-state index in [4.69, 9.17) is 11.6 Å². The Labute approximate surface area is 259 Å². The van der Waals surface area contributed by atoms with Gasteiger partial charge in [0, 0.05) is 32.0 Å². The zero-order chi connectivity index (χ0) is 29.4. The monoisotopic (exact) mass is 621 g/mol. The molecule has 41 heavy (non-hydrogen) atoms. The van der Waals surface area contributed by atoms with Crippen LogP contribution in [0, 0.1) is 0 Å². The SMILES string of the molecule is CC(C)(C)c1cc(Br)cc(N(c2cccc(Cl)c2)c2c(-c3ccccc3)cc(C(C)(C)C)cc2-c2ccccc2)c1. The zero-order valence-electron chi connectivity index (χ0n) is 24.7. The molecule has 0 saturated heterocycles. The summed E-state index contributed by atoms with van der Waals surface area (Å²) in [5, 5.41) is 0.701. The predicted molar refractivity (Wildman–Crippen MR) is 182 cm³/mol. The number of anilines is 3. The molecule has 0 heterocycles. The first-order valence-corrected chi connectivity index (χ1v) is 15.2. The van der Waals surface area contributed by atoms with E-state index in [1.54, 1.807) is 0 Å². The molecule has 3 heteroatoms. The molecular weight excluding hydrogens is 586 g/mol. The normalized spacial score (nSPS) is 11.9. The highest BCUT2D eigenvalue weighted by Gasteiger charge is 2.27. The Balaban J connectivity index is 1.96. The first-order chi connectivity index (χ1) is 19.4. The van der Waals surface area contributed by atoms with E-state index >= 15 is 0 Å². The minimum Gasteiger partial charge on any atom is -0.309 e. The number of halogens is 2. The van der Waals surface area contributed by atoms with Gasteiger partial charge in [0.15, 0.2) is 0 Å². The summed E-state index contributed by atoms with van der Waals surface area (Å²) in [5.41, 5.74) is 10.4. The van der Waals surface area contributed by atoms with Gasteiger partial charge in [0.05, 0.1) is 5.69 Å². The summed E-state index contributed by atoms with van der Waals surface area (Å²) in [7, 11) is 0. The maximum atomic E-state index is 6.66. The van der Waals surface area contributed by atoms with Crippen molar-refractivity contribution in [3.05, 3.63) is 136 Å². The highest BCUT2D eigenvalue weighted by atomic mass is 79.9. The average Bonchev–Trinajstić information content (AvgIpc) is 2.93. The number of hydrogen-bond acceptors (Lipinski definition) is 1. The fourth-order valence-electron chi connectivity index (χ4n) is 5.14. The maximum Gasteiger partial charge on any atom is 0.0618 e. The van der Waals surface area contributed by atoms with Crippen LogP contribution in [0.1, 0.15) is 52.7 Å². The third-order valence-electron chi connectivity index (χ3n) is 7.44. The lowest BCUT2D eigenvalue weighted by atomic mass is 9.81. The molecular formula is C38H37BrClN. The van der Waals surface area contributed by atoms with Gasteiger partial charge in [-0.1, -0.05) is 136 Å². The van der Waals surface area contributed by atoms with Gasteiger partial charge in [-0.2, -0.15) is 0 Å². The van der Waals surface area contributed by atoms with Crippen LogP contribution in [-0.4, -0.2) is 0 Å². The van der Waals surface area contributed by atoms with Crippen LogP contribution >= 0.6 is 27.5 Å². The molecule has 0 aliphatic rings. The van der Waals surface area contributed by atoms with Crippen molar-refractivity contribution in [3.63, 3.8) is 0 Å². The maximum absolute atomic E-state index is 6.66. The van der Waals surface area contributed by atoms with Crippen LogP contribution in [0.25, 0.3) is 22.3 Å². The van der Waals surface area contributed by atoms with Crippen LogP contribution in [0.4, 0.5) is 17.1 Å². The van der Waals surface area contributed by atoms with Crippen molar-refractivity contribution < 1.29 is 0 Å². The van der Waals surface area contributed by atoms with Gasteiger partial charge in [-0.15, -0.1) is 0 Å². The van der Waals surface area contributed by atoms with Crippen molar-refractivity contribution in [2.24, 2.45) is 0 Å². The second-order valence-corrected chi connectivity index (χ2v) is 14.0. The quantitative estimate of drug-likeness (QED) is 0.188. The summed E-state index contributed by atoms with van der Waals surface area (Å²) in [6.07, 6.45) is 0. The molecule has 0 fully saturated rings. The summed E-state index contributed by atoms with van der Waals surface area (Å²) < 4.78 is 1.04. The molecule has 0 aromatic heterocycles. The summed E-state index contributed by atoms with van der Waals surface area (Å²) in [6.45, 7) is 13.6. The Bertz CT molecular complexity index is 1600. The molecule has 5 aromatic carbocycles. The Hall–Kier alpha value is -3.33. The lowest BCUT2D eigenvalue weighted by Crippen LogP contribution is -2.17. The van der Waals surface area contributed by atoms with Crippen LogP contribution in [-0.2, 0) is 10.8 Å². The van der Waals surface area contributed by atoms with Crippen molar-refractivity contribution in [1.82, 2.24) is 0 Å². The van der Waals surface area contributed by atoms with Gasteiger partial charge >= 0.3 is 0 Å². The lowest BCUT2D eigenvalue weighted by Gasteiger charge is -2.33. The topological polar surface area (TPSA) is 3.24 Å². The van der Waals surface area contributed by atoms with Crippen LogP contribution in [0.15, 0.2) is 120 Å². The van der Waals surface area contributed by atoms with E-state index in [0.717, 1.165) is 21.5 Å². The number of nitrogens with zero attached hydrogens (tertiary/aromatic N) is 1. The van der Waals surface area contributed by atoms with Crippen LogP contribution in [0.5, 0.6) is 0 Å². The van der Waals surface area contributed by atoms with E-state index in [2.05, 4.69) is 166 Å². The van der Waals surface area contributed by atoms with Crippen LogP contribution in [0.3, 0.4) is 0 Å². The van der Waals surface area contributed by atoms with Gasteiger partial charge in [0.1, 0.15) is 0 Å². The van der Waals surface area contributed by atoms with Crippen molar-refractivity contribution >= 4 is 44.6 Å². The summed E-state index contributed by atoms with van der Waals surface area (Å²) >= 11 is 10.5.